The fourth-order valence-corrected chi connectivity index (χ4v) is 5.79. The molecule has 1 saturated carbocycles. The molecule has 0 spiro atoms. The molecule has 218 valence electrons. The van der Waals surface area contributed by atoms with Gasteiger partial charge < -0.3 is 15.0 Å². The minimum absolute atomic E-state index is 0.00995. The van der Waals surface area contributed by atoms with E-state index >= 15 is 0 Å². The first kappa shape index (κ1) is 28.6. The largest absolute Gasteiger partial charge is 0.492 e. The molecule has 1 unspecified atom stereocenters. The number of aryl methyl sites for hydroxylation is 1. The highest BCUT2D eigenvalue weighted by atomic mass is 32.2. The average Bonchev–Trinajstić information content (AvgIpc) is 3.28. The van der Waals surface area contributed by atoms with Crippen LogP contribution in [0, 0.1) is 12.8 Å². The smallest absolute Gasteiger partial charge is 0.255 e. The van der Waals surface area contributed by atoms with Gasteiger partial charge >= 0.3 is 0 Å². The van der Waals surface area contributed by atoms with Crippen molar-refractivity contribution in [3.63, 3.8) is 0 Å². The third kappa shape index (κ3) is 5.79. The molecular formula is C29H37N7O4S. The van der Waals surface area contributed by atoms with Crippen LogP contribution in [0.2, 0.25) is 0 Å². The Morgan fingerprint density at radius 2 is 1.88 bits per heavy atom. The fourth-order valence-electron chi connectivity index (χ4n) is 5.24. The molecule has 1 aromatic heterocycles. The number of nitrogens with one attached hydrogen (secondary N) is 2. The SMILES string of the molecule is COc1c(NC(=O)c2ccc(C)c(-n3cc(C4CN=C(C(C)C)N4C)nn3)c2)cc(C2(C)CC2)cc1NS(C)(=O)=O. The summed E-state index contributed by atoms with van der Waals surface area (Å²) in [5.41, 5.74) is 4.42. The molecule has 2 heterocycles. The number of hydrogen-bond donors (Lipinski definition) is 2. The van der Waals surface area contributed by atoms with Gasteiger partial charge in [0, 0.05) is 18.5 Å². The summed E-state index contributed by atoms with van der Waals surface area (Å²) in [7, 11) is -0.106. The molecule has 12 heteroatoms. The Bertz CT molecular complexity index is 1640. The number of likely N-dealkylation sites (N-methyl/N-ethyl adjacent to an activating group) is 1. The van der Waals surface area contributed by atoms with E-state index in [4.69, 9.17) is 4.74 Å². The van der Waals surface area contributed by atoms with E-state index in [1.165, 1.54) is 7.11 Å². The van der Waals surface area contributed by atoms with Crippen LogP contribution in [-0.2, 0) is 15.4 Å². The Morgan fingerprint density at radius 3 is 2.49 bits per heavy atom. The lowest BCUT2D eigenvalue weighted by Crippen LogP contribution is -2.30. The van der Waals surface area contributed by atoms with Crippen molar-refractivity contribution in [3.8, 4) is 11.4 Å². The monoisotopic (exact) mass is 579 g/mol. The maximum atomic E-state index is 13.5. The van der Waals surface area contributed by atoms with Gasteiger partial charge in [-0.25, -0.2) is 13.1 Å². The molecule has 11 nitrogen and oxygen atoms in total. The molecule has 0 radical (unpaired) electrons. The first-order chi connectivity index (χ1) is 19.3. The molecule has 1 aliphatic heterocycles. The topological polar surface area (TPSA) is 131 Å². The maximum Gasteiger partial charge on any atom is 0.255 e. The van der Waals surface area contributed by atoms with E-state index in [1.807, 2.05) is 32.3 Å². The maximum absolute atomic E-state index is 13.5. The van der Waals surface area contributed by atoms with Crippen LogP contribution in [0.4, 0.5) is 11.4 Å². The lowest BCUT2D eigenvalue weighted by atomic mass is 9.96. The van der Waals surface area contributed by atoms with E-state index in [9.17, 15) is 13.2 Å². The van der Waals surface area contributed by atoms with Gasteiger partial charge in [0.1, 0.15) is 11.5 Å². The summed E-state index contributed by atoms with van der Waals surface area (Å²) in [5, 5.41) is 11.7. The summed E-state index contributed by atoms with van der Waals surface area (Å²) in [4.78, 5) is 20.4. The van der Waals surface area contributed by atoms with Gasteiger partial charge in [-0.1, -0.05) is 32.1 Å². The molecule has 1 amide bonds. The highest BCUT2D eigenvalue weighted by Gasteiger charge is 2.40. The second-order valence-corrected chi connectivity index (χ2v) is 13.3. The normalized spacial score (nSPS) is 17.9. The number of amides is 1. The number of ether oxygens (including phenoxy) is 1. The van der Waals surface area contributed by atoms with Gasteiger partial charge in [-0.15, -0.1) is 5.10 Å². The van der Waals surface area contributed by atoms with Crippen molar-refractivity contribution < 1.29 is 17.9 Å². The van der Waals surface area contributed by atoms with Gasteiger partial charge in [-0.2, -0.15) is 0 Å². The number of amidine groups is 1. The third-order valence-corrected chi connectivity index (χ3v) is 8.47. The Balaban J connectivity index is 1.43. The van der Waals surface area contributed by atoms with Crippen LogP contribution in [0.25, 0.3) is 5.69 Å². The molecule has 41 heavy (non-hydrogen) atoms. The number of benzene rings is 2. The molecule has 2 aliphatic rings. The number of rotatable bonds is 9. The number of hydrogen-bond acceptors (Lipinski definition) is 8. The van der Waals surface area contributed by atoms with Crippen LogP contribution in [0.5, 0.6) is 5.75 Å². The second kappa shape index (κ2) is 10.5. The summed E-state index contributed by atoms with van der Waals surface area (Å²) in [6.07, 6.45) is 4.93. The third-order valence-electron chi connectivity index (χ3n) is 7.88. The van der Waals surface area contributed by atoms with Crippen LogP contribution in [0.15, 0.2) is 41.5 Å². The number of aliphatic imine (C=N–C) groups is 1. The van der Waals surface area contributed by atoms with Crippen molar-refractivity contribution in [1.29, 1.82) is 0 Å². The van der Waals surface area contributed by atoms with E-state index in [1.54, 1.807) is 22.9 Å². The zero-order valence-corrected chi connectivity index (χ0v) is 25.3. The van der Waals surface area contributed by atoms with Crippen molar-refractivity contribution in [1.82, 2.24) is 19.9 Å². The summed E-state index contributed by atoms with van der Waals surface area (Å²) in [6, 6.07) is 9.03. The predicted molar refractivity (Wildman–Crippen MR) is 160 cm³/mol. The first-order valence-corrected chi connectivity index (χ1v) is 15.5. The molecule has 1 aliphatic carbocycles. The molecule has 0 bridgehead atoms. The van der Waals surface area contributed by atoms with Gasteiger partial charge in [0.2, 0.25) is 10.0 Å². The molecule has 3 aromatic rings. The molecule has 2 aromatic carbocycles. The van der Waals surface area contributed by atoms with Gasteiger partial charge in [0.15, 0.2) is 5.75 Å². The first-order valence-electron chi connectivity index (χ1n) is 13.6. The quantitative estimate of drug-likeness (QED) is 0.386. The summed E-state index contributed by atoms with van der Waals surface area (Å²) in [5.74, 6) is 1.25. The number of carbonyl (C=O) groups excluding carboxylic acids is 1. The van der Waals surface area contributed by atoms with E-state index in [2.05, 4.69) is 51.0 Å². The van der Waals surface area contributed by atoms with Crippen LogP contribution >= 0.6 is 0 Å². The van der Waals surface area contributed by atoms with Crippen LogP contribution < -0.4 is 14.8 Å². The Hall–Kier alpha value is -3.93. The fraction of sp³-hybridized carbons (Fsp3) is 0.448. The number of carbonyl (C=O) groups is 1. The van der Waals surface area contributed by atoms with Gasteiger partial charge in [-0.3, -0.25) is 14.5 Å². The van der Waals surface area contributed by atoms with Crippen LogP contribution in [-0.4, -0.2) is 67.0 Å². The Kier molecular flexibility index (Phi) is 7.31. The predicted octanol–water partition coefficient (Wildman–Crippen LogP) is 4.30. The van der Waals surface area contributed by atoms with Crippen molar-refractivity contribution in [2.75, 3.05) is 37.0 Å². The Labute approximate surface area is 241 Å². The van der Waals surface area contributed by atoms with Gasteiger partial charge in [0.25, 0.3) is 5.91 Å². The minimum Gasteiger partial charge on any atom is -0.492 e. The zero-order chi connectivity index (χ0) is 29.7. The van der Waals surface area contributed by atoms with Crippen molar-refractivity contribution >= 4 is 33.1 Å². The van der Waals surface area contributed by atoms with E-state index in [0.717, 1.165) is 47.4 Å². The summed E-state index contributed by atoms with van der Waals surface area (Å²) >= 11 is 0. The highest BCUT2D eigenvalue weighted by molar-refractivity contribution is 7.92. The summed E-state index contributed by atoms with van der Waals surface area (Å²) < 4.78 is 33.9. The van der Waals surface area contributed by atoms with E-state index < -0.39 is 10.0 Å². The second-order valence-electron chi connectivity index (χ2n) is 11.6. The van der Waals surface area contributed by atoms with E-state index in [-0.39, 0.29) is 28.8 Å². The lowest BCUT2D eigenvalue weighted by molar-refractivity contribution is 0.102. The molecule has 1 fully saturated rings. The standard InChI is InChI=1S/C29H37N7O4S/c1-17(2)27-30-15-25(35(27)5)23-16-36(34-32-23)24-12-19(9-8-18(24)3)28(37)31-21-13-20(29(4)10-11-29)14-22(26(21)40-6)33-41(7,38)39/h8-9,12-14,16-17,25,33H,10-11,15H2,1-7H3,(H,31,37). The van der Waals surface area contributed by atoms with Crippen LogP contribution in [0.3, 0.4) is 0 Å². The number of aromatic nitrogens is 3. The number of anilines is 2. The highest BCUT2D eigenvalue weighted by Crippen LogP contribution is 2.50. The van der Waals surface area contributed by atoms with Crippen LogP contribution in [0.1, 0.15) is 66.8 Å². The lowest BCUT2D eigenvalue weighted by Gasteiger charge is -2.23. The molecule has 2 N–H and O–H groups in total. The molecule has 1 atom stereocenters. The van der Waals surface area contributed by atoms with Gasteiger partial charge in [-0.05, 0) is 60.6 Å². The van der Waals surface area contributed by atoms with Crippen molar-refractivity contribution in [2.24, 2.45) is 10.9 Å². The summed E-state index contributed by atoms with van der Waals surface area (Å²) in [6.45, 7) is 8.93. The molecule has 5 rings (SSSR count). The zero-order valence-electron chi connectivity index (χ0n) is 24.5. The van der Waals surface area contributed by atoms with Crippen molar-refractivity contribution in [3.05, 3.63) is 58.9 Å². The molecular weight excluding hydrogens is 542 g/mol. The number of methoxy groups -OCH3 is 1. The Morgan fingerprint density at radius 1 is 1.17 bits per heavy atom. The van der Waals surface area contributed by atoms with E-state index in [0.29, 0.717) is 23.7 Å². The number of nitrogens with zero attached hydrogens (tertiary/aromatic N) is 5. The van der Waals surface area contributed by atoms with Crippen molar-refractivity contribution in [2.45, 2.75) is 52.0 Å². The average molecular weight is 580 g/mol. The van der Waals surface area contributed by atoms with Gasteiger partial charge in [0.05, 0.1) is 49.2 Å². The number of sulfonamides is 1. The minimum atomic E-state index is -3.57. The molecule has 0 saturated heterocycles.